The second-order valence-electron chi connectivity index (χ2n) is 9.50. The van der Waals surface area contributed by atoms with E-state index in [1.165, 1.54) is 18.5 Å². The monoisotopic (exact) mass is 514 g/mol. The van der Waals surface area contributed by atoms with E-state index in [0.717, 1.165) is 43.8 Å². The summed E-state index contributed by atoms with van der Waals surface area (Å²) in [6.07, 6.45) is 5.64. The van der Waals surface area contributed by atoms with Gasteiger partial charge in [-0.2, -0.15) is 15.1 Å². The summed E-state index contributed by atoms with van der Waals surface area (Å²) < 4.78 is 51.7. The lowest BCUT2D eigenvalue weighted by Gasteiger charge is -2.26. The van der Waals surface area contributed by atoms with Crippen LogP contribution >= 0.6 is 0 Å². The summed E-state index contributed by atoms with van der Waals surface area (Å²) >= 11 is 0. The van der Waals surface area contributed by atoms with Crippen LogP contribution in [0.15, 0.2) is 33.9 Å². The molecule has 0 bridgehead atoms. The van der Waals surface area contributed by atoms with E-state index < -0.39 is 15.7 Å². The number of hydrogen-bond donors (Lipinski definition) is 0. The smallest absolute Gasteiger partial charge is 0.243 e. The van der Waals surface area contributed by atoms with E-state index in [9.17, 15) is 12.8 Å². The molecular formula is C24H27FN6O4S. The van der Waals surface area contributed by atoms with Crippen LogP contribution in [-0.4, -0.2) is 50.7 Å². The number of nitrogens with zero attached hydrogens (tertiary/aromatic N) is 6. The zero-order valence-corrected chi connectivity index (χ0v) is 21.3. The van der Waals surface area contributed by atoms with Gasteiger partial charge >= 0.3 is 0 Å². The molecule has 3 aromatic heterocycles. The van der Waals surface area contributed by atoms with E-state index in [0.29, 0.717) is 28.5 Å². The molecule has 3 heterocycles. The van der Waals surface area contributed by atoms with Gasteiger partial charge in [-0.15, -0.1) is 0 Å². The molecule has 1 fully saturated rings. The molecule has 0 N–H and O–H groups in total. The Labute approximate surface area is 207 Å². The number of fused-ring (bicyclic) bond motifs is 1. The third-order valence-electron chi connectivity index (χ3n) is 6.49. The minimum atomic E-state index is -3.53. The van der Waals surface area contributed by atoms with E-state index in [4.69, 9.17) is 9.26 Å². The molecule has 12 heteroatoms. The summed E-state index contributed by atoms with van der Waals surface area (Å²) in [5.41, 5.74) is 1.41. The highest BCUT2D eigenvalue weighted by molar-refractivity contribution is 7.90. The number of rotatable bonds is 6. The van der Waals surface area contributed by atoms with E-state index in [1.54, 1.807) is 11.7 Å². The first-order valence-corrected chi connectivity index (χ1v) is 13.7. The lowest BCUT2D eigenvalue weighted by Crippen LogP contribution is -2.24. The van der Waals surface area contributed by atoms with Crippen LogP contribution in [0.2, 0.25) is 0 Å². The molecular weight excluding hydrogens is 487 g/mol. The fourth-order valence-corrected chi connectivity index (χ4v) is 5.13. The van der Waals surface area contributed by atoms with Gasteiger partial charge in [-0.3, -0.25) is 4.68 Å². The normalized spacial score (nSPS) is 18.7. The lowest BCUT2D eigenvalue weighted by atomic mass is 9.87. The molecule has 4 aromatic rings. The van der Waals surface area contributed by atoms with E-state index in [-0.39, 0.29) is 28.4 Å². The first-order valence-electron chi connectivity index (χ1n) is 11.8. The maximum atomic E-state index is 14.9. The zero-order chi connectivity index (χ0) is 25.6. The number of hydrogen-bond acceptors (Lipinski definition) is 9. The summed E-state index contributed by atoms with van der Waals surface area (Å²) in [7, 11) is -1.82. The van der Waals surface area contributed by atoms with E-state index in [2.05, 4.69) is 25.2 Å². The van der Waals surface area contributed by atoms with Crippen LogP contribution in [-0.2, 0) is 16.9 Å². The van der Waals surface area contributed by atoms with Gasteiger partial charge in [0.2, 0.25) is 11.8 Å². The number of sulfone groups is 1. The summed E-state index contributed by atoms with van der Waals surface area (Å²) in [6, 6.07) is 3.76. The molecule has 0 amide bonds. The van der Waals surface area contributed by atoms with Crippen molar-refractivity contribution in [1.29, 1.82) is 0 Å². The summed E-state index contributed by atoms with van der Waals surface area (Å²) in [6.45, 7) is 4.06. The zero-order valence-electron chi connectivity index (χ0n) is 20.5. The Balaban J connectivity index is 1.37. The third kappa shape index (κ3) is 4.57. The predicted molar refractivity (Wildman–Crippen MR) is 129 cm³/mol. The fraction of sp³-hybridized carbons (Fsp3) is 0.458. The molecule has 0 radical (unpaired) electrons. The highest BCUT2D eigenvalue weighted by Gasteiger charge is 2.29. The van der Waals surface area contributed by atoms with E-state index >= 15 is 0 Å². The van der Waals surface area contributed by atoms with Crippen LogP contribution in [0.1, 0.15) is 63.1 Å². The van der Waals surface area contributed by atoms with Gasteiger partial charge < -0.3 is 9.26 Å². The van der Waals surface area contributed by atoms with Crippen molar-refractivity contribution in [3.8, 4) is 17.1 Å². The minimum absolute atomic E-state index is 0.0593. The Bertz CT molecular complexity index is 1520. The molecule has 1 aliphatic rings. The van der Waals surface area contributed by atoms with Gasteiger partial charge in [0, 0.05) is 30.7 Å². The topological polar surface area (TPSA) is 126 Å². The molecule has 1 aromatic carbocycles. The van der Waals surface area contributed by atoms with Gasteiger partial charge in [0.05, 0.1) is 4.90 Å². The van der Waals surface area contributed by atoms with Crippen LogP contribution in [0, 0.1) is 5.82 Å². The minimum Gasteiger partial charge on any atom is -0.473 e. The molecule has 1 saturated carbocycles. The highest BCUT2D eigenvalue weighted by atomic mass is 32.2. The van der Waals surface area contributed by atoms with Crippen molar-refractivity contribution in [2.75, 3.05) is 6.26 Å². The largest absolute Gasteiger partial charge is 0.473 e. The molecule has 0 unspecified atom stereocenters. The molecule has 0 aliphatic heterocycles. The molecule has 10 nitrogen and oxygen atoms in total. The summed E-state index contributed by atoms with van der Waals surface area (Å²) in [5, 5.41) is 8.52. The predicted octanol–water partition coefficient (Wildman–Crippen LogP) is 4.18. The van der Waals surface area contributed by atoms with Gasteiger partial charge in [0.25, 0.3) is 0 Å². The number of aromatic nitrogens is 6. The van der Waals surface area contributed by atoms with Crippen LogP contribution in [0.4, 0.5) is 4.39 Å². The van der Waals surface area contributed by atoms with Crippen molar-refractivity contribution >= 4 is 20.9 Å². The van der Waals surface area contributed by atoms with Gasteiger partial charge in [0.1, 0.15) is 35.0 Å². The van der Waals surface area contributed by atoms with E-state index in [1.807, 2.05) is 13.8 Å². The van der Waals surface area contributed by atoms with Gasteiger partial charge in [-0.05, 0) is 43.9 Å². The summed E-state index contributed by atoms with van der Waals surface area (Å²) in [4.78, 5) is 13.1. The van der Waals surface area contributed by atoms with Gasteiger partial charge in [-0.1, -0.05) is 19.0 Å². The second kappa shape index (κ2) is 9.23. The molecule has 0 atom stereocenters. The summed E-state index contributed by atoms with van der Waals surface area (Å²) in [5.74, 6) is 1.51. The fourth-order valence-electron chi connectivity index (χ4n) is 4.49. The number of halogens is 1. The Morgan fingerprint density at radius 1 is 1.17 bits per heavy atom. The highest BCUT2D eigenvalue weighted by Crippen LogP contribution is 2.36. The van der Waals surface area contributed by atoms with Crippen molar-refractivity contribution in [3.63, 3.8) is 0 Å². The Morgan fingerprint density at radius 3 is 2.56 bits per heavy atom. The molecule has 190 valence electrons. The van der Waals surface area contributed by atoms with Crippen LogP contribution in [0.25, 0.3) is 22.3 Å². The number of ether oxygens (including phenoxy) is 1. The van der Waals surface area contributed by atoms with Gasteiger partial charge in [-0.25, -0.2) is 17.8 Å². The SMILES string of the molecule is CC(C)c1noc(C2CCC(Oc3ncnc4c(-c5ccc(S(C)(=O)=O)cc5F)nn(C)c34)CC2)n1. The van der Waals surface area contributed by atoms with Crippen LogP contribution < -0.4 is 4.74 Å². The molecule has 36 heavy (non-hydrogen) atoms. The number of aryl methyl sites for hydroxylation is 1. The molecule has 5 rings (SSSR count). The standard InChI is InChI=1S/C24H27FN6O4S/c1-13(2)22-28-23(35-30-22)14-5-7-15(8-6-14)34-24-21-20(26-12-27-24)19(29-31(21)3)17-10-9-16(11-18(17)25)36(4,32)33/h9-15H,5-8H2,1-4H3. The first kappa shape index (κ1) is 24.3. The third-order valence-corrected chi connectivity index (χ3v) is 7.60. The second-order valence-corrected chi connectivity index (χ2v) is 11.5. The maximum absolute atomic E-state index is 14.9. The van der Waals surface area contributed by atoms with Crippen molar-refractivity contribution < 1.29 is 22.1 Å². The Morgan fingerprint density at radius 2 is 1.92 bits per heavy atom. The average molecular weight is 515 g/mol. The van der Waals surface area contributed by atoms with Crippen molar-refractivity contribution in [1.82, 2.24) is 29.9 Å². The average Bonchev–Trinajstić information content (AvgIpc) is 3.45. The first-order chi connectivity index (χ1) is 17.1. The quantitative estimate of drug-likeness (QED) is 0.372. The maximum Gasteiger partial charge on any atom is 0.243 e. The van der Waals surface area contributed by atoms with Gasteiger partial charge in [0.15, 0.2) is 15.7 Å². The Kier molecular flexibility index (Phi) is 6.23. The van der Waals surface area contributed by atoms with Crippen LogP contribution in [0.5, 0.6) is 5.88 Å². The lowest BCUT2D eigenvalue weighted by molar-refractivity contribution is 0.135. The Hall–Kier alpha value is -3.41. The molecule has 0 spiro atoms. The van der Waals surface area contributed by atoms with Crippen molar-refractivity contribution in [2.45, 2.75) is 62.4 Å². The van der Waals surface area contributed by atoms with Crippen LogP contribution in [0.3, 0.4) is 0 Å². The molecule has 1 aliphatic carbocycles. The van der Waals surface area contributed by atoms with Crippen molar-refractivity contribution in [2.24, 2.45) is 7.05 Å². The van der Waals surface area contributed by atoms with Crippen molar-refractivity contribution in [3.05, 3.63) is 42.1 Å². The number of benzene rings is 1. The molecule has 0 saturated heterocycles.